The molecule has 0 aromatic rings. The Morgan fingerprint density at radius 3 is 2.54 bits per heavy atom. The molecule has 4 rings (SSSR count). The molecule has 2 N–H and O–H groups in total. The summed E-state index contributed by atoms with van der Waals surface area (Å²) in [6, 6.07) is 0. The van der Waals surface area contributed by atoms with Gasteiger partial charge in [0.25, 0.3) is 0 Å². The highest BCUT2D eigenvalue weighted by Gasteiger charge is 2.76. The fraction of sp³-hybridized carbons (Fsp3) is 0.789. The Balaban J connectivity index is 1.87. The first-order valence-electron chi connectivity index (χ1n) is 9.20. The lowest BCUT2D eigenvalue weighted by Crippen LogP contribution is -2.52. The number of aliphatic hydroxyl groups is 2. The maximum absolute atomic E-state index is 12.8. The Hall–Kier alpha value is -1.44. The van der Waals surface area contributed by atoms with Gasteiger partial charge in [-0.3, -0.25) is 9.59 Å². The first-order valence-corrected chi connectivity index (χ1v) is 9.20. The average molecular weight is 366 g/mol. The van der Waals surface area contributed by atoms with Crippen LogP contribution in [0.25, 0.3) is 0 Å². The summed E-state index contributed by atoms with van der Waals surface area (Å²) in [6.45, 7) is 8.61. The van der Waals surface area contributed by atoms with Crippen molar-refractivity contribution in [3.63, 3.8) is 0 Å². The van der Waals surface area contributed by atoms with E-state index in [2.05, 4.69) is 0 Å². The molecule has 7 heteroatoms. The van der Waals surface area contributed by atoms with E-state index in [4.69, 9.17) is 14.2 Å². The van der Waals surface area contributed by atoms with E-state index in [0.717, 1.165) is 0 Å². The van der Waals surface area contributed by atoms with Crippen LogP contribution in [-0.2, 0) is 23.8 Å². The molecule has 0 radical (unpaired) electrons. The van der Waals surface area contributed by atoms with Crippen LogP contribution in [0.2, 0.25) is 0 Å². The van der Waals surface area contributed by atoms with Crippen molar-refractivity contribution >= 4 is 11.8 Å². The van der Waals surface area contributed by atoms with Gasteiger partial charge in [-0.25, -0.2) is 0 Å². The minimum absolute atomic E-state index is 0.174. The standard InChI is InChI=1S/C19H26O7/c1-8(2)19(23)18(5)13-11(26-19)7-17(4)12(20)6-10(25-17)9(3)14(21)15(13)24-16(18)22/h6,8-9,11,13-15,21,23H,7H2,1-5H3. The lowest BCUT2D eigenvalue weighted by atomic mass is 9.65. The van der Waals surface area contributed by atoms with E-state index < -0.39 is 52.9 Å². The third-order valence-corrected chi connectivity index (χ3v) is 6.97. The van der Waals surface area contributed by atoms with Crippen molar-refractivity contribution in [2.45, 2.75) is 70.7 Å². The zero-order chi connectivity index (χ0) is 19.2. The molecule has 4 aliphatic heterocycles. The summed E-state index contributed by atoms with van der Waals surface area (Å²) in [5.74, 6) is -3.60. The lowest BCUT2D eigenvalue weighted by molar-refractivity contribution is -0.264. The van der Waals surface area contributed by atoms with Gasteiger partial charge in [-0.05, 0) is 13.8 Å². The Morgan fingerprint density at radius 2 is 1.92 bits per heavy atom. The SMILES string of the molecule is CC1C2=CC(=O)C(C)(CC3OC(O)(C(C)C)C4(C)C(=O)OC(C1O)C34)O2. The van der Waals surface area contributed by atoms with Crippen LogP contribution in [0.5, 0.6) is 0 Å². The van der Waals surface area contributed by atoms with Crippen LogP contribution in [0.4, 0.5) is 0 Å². The second kappa shape index (κ2) is 5.09. The van der Waals surface area contributed by atoms with Gasteiger partial charge in [-0.15, -0.1) is 0 Å². The Morgan fingerprint density at radius 1 is 1.27 bits per heavy atom. The molecular weight excluding hydrogens is 340 g/mol. The minimum atomic E-state index is -1.75. The van der Waals surface area contributed by atoms with Gasteiger partial charge in [0.2, 0.25) is 5.78 Å². The van der Waals surface area contributed by atoms with Crippen molar-refractivity contribution in [1.29, 1.82) is 0 Å². The first kappa shape index (κ1) is 17.9. The van der Waals surface area contributed by atoms with Crippen LogP contribution >= 0.6 is 0 Å². The molecule has 0 saturated carbocycles. The second-order valence-corrected chi connectivity index (χ2v) is 8.83. The summed E-state index contributed by atoms with van der Waals surface area (Å²) in [5, 5.41) is 22.2. The first-order chi connectivity index (χ1) is 12.0. The predicted molar refractivity (Wildman–Crippen MR) is 88.5 cm³/mol. The van der Waals surface area contributed by atoms with Crippen molar-refractivity contribution < 1.29 is 34.0 Å². The number of esters is 1. The number of hydrogen-bond donors (Lipinski definition) is 2. The number of hydrogen-bond acceptors (Lipinski definition) is 7. The van der Waals surface area contributed by atoms with Crippen molar-refractivity contribution in [3.05, 3.63) is 11.8 Å². The average Bonchev–Trinajstić information content (AvgIpc) is 3.08. The van der Waals surface area contributed by atoms with Gasteiger partial charge in [0, 0.05) is 30.3 Å². The number of carbonyl (C=O) groups is 2. The highest BCUT2D eigenvalue weighted by atomic mass is 16.7. The molecule has 8 unspecified atom stereocenters. The molecule has 0 amide bonds. The molecule has 0 aromatic heterocycles. The molecule has 144 valence electrons. The van der Waals surface area contributed by atoms with E-state index in [1.165, 1.54) is 6.08 Å². The van der Waals surface area contributed by atoms with Gasteiger partial charge >= 0.3 is 5.97 Å². The third kappa shape index (κ3) is 1.89. The second-order valence-electron chi connectivity index (χ2n) is 8.83. The number of rotatable bonds is 1. The molecule has 2 bridgehead atoms. The van der Waals surface area contributed by atoms with E-state index in [-0.39, 0.29) is 18.1 Å². The predicted octanol–water partition coefficient (Wildman–Crippen LogP) is 0.920. The van der Waals surface area contributed by atoms with Crippen LogP contribution in [0.3, 0.4) is 0 Å². The smallest absolute Gasteiger partial charge is 0.318 e. The quantitative estimate of drug-likeness (QED) is 0.665. The van der Waals surface area contributed by atoms with Gasteiger partial charge < -0.3 is 24.4 Å². The van der Waals surface area contributed by atoms with Gasteiger partial charge in [0.05, 0.1) is 6.10 Å². The van der Waals surface area contributed by atoms with E-state index in [1.54, 1.807) is 34.6 Å². The molecule has 26 heavy (non-hydrogen) atoms. The molecular formula is C19H26O7. The van der Waals surface area contributed by atoms with Crippen LogP contribution in [-0.4, -0.2) is 51.7 Å². The number of ether oxygens (including phenoxy) is 3. The number of carbonyl (C=O) groups excluding carboxylic acids is 2. The molecule has 0 spiro atoms. The van der Waals surface area contributed by atoms with Gasteiger partial charge in [0.1, 0.15) is 23.4 Å². The largest absolute Gasteiger partial charge is 0.483 e. The summed E-state index contributed by atoms with van der Waals surface area (Å²) < 4.78 is 17.6. The van der Waals surface area contributed by atoms with Crippen molar-refractivity contribution in [1.82, 2.24) is 0 Å². The van der Waals surface area contributed by atoms with Crippen molar-refractivity contribution in [2.75, 3.05) is 0 Å². The maximum Gasteiger partial charge on any atom is 0.318 e. The van der Waals surface area contributed by atoms with Gasteiger partial charge in [-0.1, -0.05) is 20.8 Å². The van der Waals surface area contributed by atoms with E-state index in [9.17, 15) is 19.8 Å². The summed E-state index contributed by atoms with van der Waals surface area (Å²) in [5.41, 5.74) is -2.47. The van der Waals surface area contributed by atoms with Crippen LogP contribution in [0.1, 0.15) is 41.0 Å². The Kier molecular flexibility index (Phi) is 3.51. The topological polar surface area (TPSA) is 102 Å². The monoisotopic (exact) mass is 366 g/mol. The maximum atomic E-state index is 12.8. The van der Waals surface area contributed by atoms with Crippen LogP contribution in [0.15, 0.2) is 11.8 Å². The summed E-state index contributed by atoms with van der Waals surface area (Å²) in [4.78, 5) is 25.4. The molecule has 3 saturated heterocycles. The van der Waals surface area contributed by atoms with E-state index in [1.807, 2.05) is 0 Å². The molecule has 4 aliphatic rings. The Bertz CT molecular complexity index is 715. The van der Waals surface area contributed by atoms with Crippen LogP contribution in [0, 0.1) is 23.2 Å². The van der Waals surface area contributed by atoms with Crippen LogP contribution < -0.4 is 0 Å². The van der Waals surface area contributed by atoms with Crippen molar-refractivity contribution in [2.24, 2.45) is 23.2 Å². The van der Waals surface area contributed by atoms with Gasteiger partial charge in [0.15, 0.2) is 11.4 Å². The molecule has 4 heterocycles. The number of aliphatic hydroxyl groups excluding tert-OH is 1. The zero-order valence-electron chi connectivity index (χ0n) is 15.7. The zero-order valence-corrected chi connectivity index (χ0v) is 15.7. The fourth-order valence-corrected chi connectivity index (χ4v) is 5.19. The molecule has 8 atom stereocenters. The van der Waals surface area contributed by atoms with Crippen molar-refractivity contribution in [3.8, 4) is 0 Å². The summed E-state index contributed by atoms with van der Waals surface area (Å²) >= 11 is 0. The number of fused-ring (bicyclic) bond motifs is 2. The normalized spacial score (nSPS) is 52.8. The number of ketones is 1. The molecule has 0 aliphatic carbocycles. The fourth-order valence-electron chi connectivity index (χ4n) is 5.19. The highest BCUT2D eigenvalue weighted by molar-refractivity contribution is 5.99. The summed E-state index contributed by atoms with van der Waals surface area (Å²) in [6.07, 6.45) is -0.971. The van der Waals surface area contributed by atoms with E-state index in [0.29, 0.717) is 5.76 Å². The Labute approximate surface area is 152 Å². The van der Waals surface area contributed by atoms with E-state index >= 15 is 0 Å². The highest BCUT2D eigenvalue weighted by Crippen LogP contribution is 2.61. The summed E-state index contributed by atoms with van der Waals surface area (Å²) in [7, 11) is 0. The van der Waals surface area contributed by atoms with Gasteiger partial charge in [-0.2, -0.15) is 0 Å². The molecule has 7 nitrogen and oxygen atoms in total. The third-order valence-electron chi connectivity index (χ3n) is 6.97. The molecule has 3 fully saturated rings. The minimum Gasteiger partial charge on any atom is -0.483 e. The lowest BCUT2D eigenvalue weighted by Gasteiger charge is -2.37. The molecule has 0 aromatic carbocycles.